The monoisotopic (exact) mass is 298 g/mol. The van der Waals surface area contributed by atoms with Gasteiger partial charge in [0.2, 0.25) is 17.2 Å². The van der Waals surface area contributed by atoms with E-state index < -0.39 is 0 Å². The zero-order valence-electron chi connectivity index (χ0n) is 12.2. The van der Waals surface area contributed by atoms with Gasteiger partial charge in [-0.25, -0.2) is 0 Å². The van der Waals surface area contributed by atoms with E-state index in [9.17, 15) is 0 Å². The first kappa shape index (κ1) is 15.3. The molecular weight excluding hydrogens is 276 g/mol. The van der Waals surface area contributed by atoms with Crippen molar-refractivity contribution < 1.29 is 0 Å². The summed E-state index contributed by atoms with van der Waals surface area (Å²) in [6, 6.07) is 0.413. The molecule has 0 saturated carbocycles. The minimum Gasteiger partial charge on any atom is -0.354 e. The van der Waals surface area contributed by atoms with Gasteiger partial charge in [-0.2, -0.15) is 15.0 Å². The van der Waals surface area contributed by atoms with Gasteiger partial charge in [0.05, 0.1) is 0 Å². The van der Waals surface area contributed by atoms with Gasteiger partial charge < -0.3 is 15.5 Å². The SMILES string of the molecule is CCCN1CCC(Nc2nc(Cl)nc(NCC)n2)CC1. The van der Waals surface area contributed by atoms with Gasteiger partial charge in [-0.15, -0.1) is 0 Å². The first-order chi connectivity index (χ1) is 9.71. The van der Waals surface area contributed by atoms with Crippen LogP contribution in [-0.2, 0) is 0 Å². The van der Waals surface area contributed by atoms with E-state index in [4.69, 9.17) is 11.6 Å². The zero-order chi connectivity index (χ0) is 14.4. The van der Waals surface area contributed by atoms with Crippen LogP contribution in [0.4, 0.5) is 11.9 Å². The molecule has 0 atom stereocenters. The third-order valence-corrected chi connectivity index (χ3v) is 3.57. The fraction of sp³-hybridized carbons (Fsp3) is 0.769. The topological polar surface area (TPSA) is 66.0 Å². The predicted molar refractivity (Wildman–Crippen MR) is 82.4 cm³/mol. The van der Waals surface area contributed by atoms with Crippen molar-refractivity contribution in [1.29, 1.82) is 0 Å². The molecular formula is C13H23ClN6. The summed E-state index contributed by atoms with van der Waals surface area (Å²) in [5.41, 5.74) is 0. The van der Waals surface area contributed by atoms with Crippen LogP contribution in [0.25, 0.3) is 0 Å². The van der Waals surface area contributed by atoms with Crippen molar-refractivity contribution in [2.45, 2.75) is 39.2 Å². The van der Waals surface area contributed by atoms with Crippen LogP contribution in [0.2, 0.25) is 5.28 Å². The van der Waals surface area contributed by atoms with Crippen molar-refractivity contribution >= 4 is 23.5 Å². The second-order valence-corrected chi connectivity index (χ2v) is 5.38. The molecule has 2 N–H and O–H groups in total. The molecule has 20 heavy (non-hydrogen) atoms. The Morgan fingerprint density at radius 3 is 2.50 bits per heavy atom. The Bertz CT molecular complexity index is 419. The largest absolute Gasteiger partial charge is 0.354 e. The van der Waals surface area contributed by atoms with Gasteiger partial charge in [0.25, 0.3) is 0 Å². The van der Waals surface area contributed by atoms with Gasteiger partial charge in [-0.3, -0.25) is 0 Å². The summed E-state index contributed by atoms with van der Waals surface area (Å²) in [4.78, 5) is 15.0. The van der Waals surface area contributed by atoms with E-state index in [1.165, 1.54) is 13.0 Å². The quantitative estimate of drug-likeness (QED) is 0.840. The number of aromatic nitrogens is 3. The van der Waals surface area contributed by atoms with Gasteiger partial charge >= 0.3 is 0 Å². The Morgan fingerprint density at radius 1 is 1.15 bits per heavy atom. The first-order valence-electron chi connectivity index (χ1n) is 7.35. The highest BCUT2D eigenvalue weighted by molar-refractivity contribution is 6.28. The molecule has 1 aromatic heterocycles. The number of nitrogens with zero attached hydrogens (tertiary/aromatic N) is 4. The number of nitrogens with one attached hydrogen (secondary N) is 2. The highest BCUT2D eigenvalue weighted by Crippen LogP contribution is 2.16. The van der Waals surface area contributed by atoms with E-state index in [2.05, 4.69) is 37.4 Å². The van der Waals surface area contributed by atoms with Gasteiger partial charge in [-0.1, -0.05) is 6.92 Å². The minimum absolute atomic E-state index is 0.224. The van der Waals surface area contributed by atoms with Crippen molar-refractivity contribution in [2.75, 3.05) is 36.8 Å². The molecule has 0 amide bonds. The molecule has 112 valence electrons. The Hall–Kier alpha value is -1.14. The molecule has 1 aliphatic rings. The lowest BCUT2D eigenvalue weighted by Gasteiger charge is -2.32. The summed E-state index contributed by atoms with van der Waals surface area (Å²) < 4.78 is 0. The number of likely N-dealkylation sites (tertiary alicyclic amines) is 1. The summed E-state index contributed by atoms with van der Waals surface area (Å²) in [5.74, 6) is 1.09. The Balaban J connectivity index is 1.90. The number of piperidine rings is 1. The predicted octanol–water partition coefficient (Wildman–Crippen LogP) is 2.24. The van der Waals surface area contributed by atoms with Crippen LogP contribution < -0.4 is 10.6 Å². The summed E-state index contributed by atoms with van der Waals surface area (Å²) >= 11 is 5.92. The van der Waals surface area contributed by atoms with Crippen molar-refractivity contribution in [3.63, 3.8) is 0 Å². The number of hydrogen-bond acceptors (Lipinski definition) is 6. The number of anilines is 2. The van der Waals surface area contributed by atoms with Crippen molar-refractivity contribution in [3.8, 4) is 0 Å². The molecule has 0 spiro atoms. The molecule has 0 aliphatic carbocycles. The first-order valence-corrected chi connectivity index (χ1v) is 7.73. The average Bonchev–Trinajstić information content (AvgIpc) is 2.41. The molecule has 1 aromatic rings. The summed E-state index contributed by atoms with van der Waals surface area (Å²) in [7, 11) is 0. The van der Waals surface area contributed by atoms with Crippen LogP contribution in [0.3, 0.4) is 0 Å². The van der Waals surface area contributed by atoms with E-state index in [0.29, 0.717) is 17.9 Å². The normalized spacial score (nSPS) is 17.1. The fourth-order valence-corrected chi connectivity index (χ4v) is 2.61. The van der Waals surface area contributed by atoms with Gasteiger partial charge in [0.15, 0.2) is 0 Å². The van der Waals surface area contributed by atoms with Crippen LogP contribution >= 0.6 is 11.6 Å². The van der Waals surface area contributed by atoms with Crippen molar-refractivity contribution in [1.82, 2.24) is 19.9 Å². The number of halogens is 1. The van der Waals surface area contributed by atoms with Crippen molar-refractivity contribution in [3.05, 3.63) is 5.28 Å². The average molecular weight is 299 g/mol. The number of hydrogen-bond donors (Lipinski definition) is 2. The molecule has 0 bridgehead atoms. The third-order valence-electron chi connectivity index (χ3n) is 3.40. The molecule has 2 rings (SSSR count). The fourth-order valence-electron chi connectivity index (χ4n) is 2.45. The lowest BCUT2D eigenvalue weighted by atomic mass is 10.1. The van der Waals surface area contributed by atoms with Gasteiger partial charge in [0.1, 0.15) is 0 Å². The highest BCUT2D eigenvalue weighted by atomic mass is 35.5. The van der Waals surface area contributed by atoms with Gasteiger partial charge in [0, 0.05) is 25.7 Å². The molecule has 1 aliphatic heterocycles. The highest BCUT2D eigenvalue weighted by Gasteiger charge is 2.19. The molecule has 0 radical (unpaired) electrons. The zero-order valence-corrected chi connectivity index (χ0v) is 12.9. The summed E-state index contributed by atoms with van der Waals surface area (Å²) in [6.45, 7) is 8.42. The number of rotatable bonds is 6. The van der Waals surface area contributed by atoms with Crippen LogP contribution in [0.1, 0.15) is 33.1 Å². The Kier molecular flexibility index (Phi) is 5.79. The maximum absolute atomic E-state index is 5.92. The lowest BCUT2D eigenvalue weighted by Crippen LogP contribution is -2.39. The molecule has 6 nitrogen and oxygen atoms in total. The summed E-state index contributed by atoms with van der Waals surface area (Å²) in [6.07, 6.45) is 3.44. The van der Waals surface area contributed by atoms with Crippen LogP contribution in [0, 0.1) is 0 Å². The standard InChI is InChI=1S/C13H23ClN6/c1-3-7-20-8-5-10(6-9-20)16-13-18-11(14)17-12(19-13)15-4-2/h10H,3-9H2,1-2H3,(H2,15,16,17,18,19). The maximum atomic E-state index is 5.92. The molecule has 2 heterocycles. The van der Waals surface area contributed by atoms with E-state index in [-0.39, 0.29) is 5.28 Å². The van der Waals surface area contributed by atoms with E-state index in [0.717, 1.165) is 32.5 Å². The Morgan fingerprint density at radius 2 is 1.85 bits per heavy atom. The van der Waals surface area contributed by atoms with E-state index >= 15 is 0 Å². The van der Waals surface area contributed by atoms with E-state index in [1.807, 2.05) is 6.92 Å². The second-order valence-electron chi connectivity index (χ2n) is 5.04. The van der Waals surface area contributed by atoms with Crippen LogP contribution in [-0.4, -0.2) is 52.1 Å². The van der Waals surface area contributed by atoms with Crippen LogP contribution in [0.5, 0.6) is 0 Å². The van der Waals surface area contributed by atoms with Crippen LogP contribution in [0.15, 0.2) is 0 Å². The smallest absolute Gasteiger partial charge is 0.229 e. The third kappa shape index (κ3) is 4.45. The second kappa shape index (κ2) is 7.59. The molecule has 0 aromatic carbocycles. The molecule has 7 heteroatoms. The molecule has 0 unspecified atom stereocenters. The summed E-state index contributed by atoms with van der Waals surface area (Å²) in [5, 5.41) is 6.65. The maximum Gasteiger partial charge on any atom is 0.229 e. The minimum atomic E-state index is 0.224. The Labute approximate surface area is 125 Å². The van der Waals surface area contributed by atoms with Gasteiger partial charge in [-0.05, 0) is 44.3 Å². The lowest BCUT2D eigenvalue weighted by molar-refractivity contribution is 0.219. The van der Waals surface area contributed by atoms with Crippen molar-refractivity contribution in [2.24, 2.45) is 0 Å². The molecule has 1 saturated heterocycles. The van der Waals surface area contributed by atoms with E-state index in [1.54, 1.807) is 0 Å². The molecule has 1 fully saturated rings.